The largest absolute Gasteiger partial charge is 0.353 e. The van der Waals surface area contributed by atoms with Crippen LogP contribution in [0, 0.1) is 0 Å². The third-order valence-electron chi connectivity index (χ3n) is 5.39. The molecule has 3 heterocycles. The predicted molar refractivity (Wildman–Crippen MR) is 128 cm³/mol. The van der Waals surface area contributed by atoms with E-state index < -0.39 is 0 Å². The van der Waals surface area contributed by atoms with Gasteiger partial charge in [0.05, 0.1) is 15.2 Å². The highest BCUT2D eigenvalue weighted by Crippen LogP contribution is 2.29. The second-order valence-electron chi connectivity index (χ2n) is 8.08. The lowest BCUT2D eigenvalue weighted by Gasteiger charge is -2.35. The van der Waals surface area contributed by atoms with Crippen LogP contribution in [0.2, 0.25) is 0 Å². The summed E-state index contributed by atoms with van der Waals surface area (Å²) in [5.74, 6) is 1.37. The standard InChI is InChI=1S/C23H28N6O2S/c1-16(2)22-27-18-7-6-17(15-19(18)32-22)26-23(31)25-10-8-21(30)29-13-11-28(12-14-29)20-5-3-4-9-24-20/h3-7,9,15-16H,8,10-14H2,1-2H3,(H2,25,26,31). The Morgan fingerprint density at radius 1 is 1.12 bits per heavy atom. The molecule has 0 unspecified atom stereocenters. The van der Waals surface area contributed by atoms with E-state index in [-0.39, 0.29) is 18.4 Å². The number of anilines is 2. The third-order valence-corrected chi connectivity index (χ3v) is 6.71. The molecule has 0 bridgehead atoms. The number of hydrogen-bond acceptors (Lipinski definition) is 6. The van der Waals surface area contributed by atoms with E-state index in [0.29, 0.717) is 31.2 Å². The monoisotopic (exact) mass is 452 g/mol. The number of pyridine rings is 1. The number of amides is 3. The Morgan fingerprint density at radius 2 is 1.94 bits per heavy atom. The highest BCUT2D eigenvalue weighted by molar-refractivity contribution is 7.18. The summed E-state index contributed by atoms with van der Waals surface area (Å²) >= 11 is 1.64. The van der Waals surface area contributed by atoms with E-state index in [4.69, 9.17) is 0 Å². The molecular weight excluding hydrogens is 424 g/mol. The normalized spacial score (nSPS) is 14.1. The first-order valence-electron chi connectivity index (χ1n) is 10.9. The highest BCUT2D eigenvalue weighted by atomic mass is 32.1. The van der Waals surface area contributed by atoms with Crippen molar-refractivity contribution < 1.29 is 9.59 Å². The summed E-state index contributed by atoms with van der Waals surface area (Å²) in [6.07, 6.45) is 2.06. The van der Waals surface area contributed by atoms with E-state index in [9.17, 15) is 9.59 Å². The molecule has 1 aromatic carbocycles. The number of thiazole rings is 1. The van der Waals surface area contributed by atoms with Crippen LogP contribution >= 0.6 is 11.3 Å². The second-order valence-corrected chi connectivity index (χ2v) is 9.14. The number of rotatable bonds is 6. The molecule has 2 aromatic heterocycles. The van der Waals surface area contributed by atoms with Gasteiger partial charge in [0.15, 0.2) is 0 Å². The first-order valence-corrected chi connectivity index (χ1v) is 11.7. The molecule has 9 heteroatoms. The SMILES string of the molecule is CC(C)c1nc2ccc(NC(=O)NCCC(=O)N3CCN(c4ccccn4)CC3)cc2s1. The van der Waals surface area contributed by atoms with Gasteiger partial charge in [-0.3, -0.25) is 4.79 Å². The third kappa shape index (κ3) is 5.34. The molecule has 3 amide bonds. The van der Waals surface area contributed by atoms with E-state index in [1.165, 1.54) is 0 Å². The van der Waals surface area contributed by atoms with Crippen molar-refractivity contribution in [2.45, 2.75) is 26.2 Å². The predicted octanol–water partition coefficient (Wildman–Crippen LogP) is 3.68. The number of benzene rings is 1. The van der Waals surface area contributed by atoms with Gasteiger partial charge in [0.1, 0.15) is 5.82 Å². The lowest BCUT2D eigenvalue weighted by Crippen LogP contribution is -2.49. The van der Waals surface area contributed by atoms with Gasteiger partial charge < -0.3 is 20.4 Å². The van der Waals surface area contributed by atoms with E-state index in [0.717, 1.165) is 34.1 Å². The topological polar surface area (TPSA) is 90.5 Å². The maximum absolute atomic E-state index is 12.5. The van der Waals surface area contributed by atoms with Crippen molar-refractivity contribution in [1.29, 1.82) is 0 Å². The van der Waals surface area contributed by atoms with Gasteiger partial charge in [-0.05, 0) is 30.3 Å². The first-order chi connectivity index (χ1) is 15.5. The molecule has 0 atom stereocenters. The molecule has 3 aromatic rings. The van der Waals surface area contributed by atoms with Crippen LogP contribution in [-0.2, 0) is 4.79 Å². The van der Waals surface area contributed by atoms with Crippen LogP contribution in [0.5, 0.6) is 0 Å². The quantitative estimate of drug-likeness (QED) is 0.596. The minimum absolute atomic E-state index is 0.0539. The Morgan fingerprint density at radius 3 is 2.66 bits per heavy atom. The lowest BCUT2D eigenvalue weighted by atomic mass is 10.2. The Bertz CT molecular complexity index is 1080. The summed E-state index contributed by atoms with van der Waals surface area (Å²) in [6.45, 7) is 7.37. The van der Waals surface area contributed by atoms with E-state index in [1.54, 1.807) is 17.5 Å². The van der Waals surface area contributed by atoms with E-state index in [1.807, 2.05) is 41.3 Å². The van der Waals surface area contributed by atoms with Crippen LogP contribution in [0.1, 0.15) is 31.2 Å². The molecule has 0 radical (unpaired) electrons. The maximum atomic E-state index is 12.5. The Hall–Kier alpha value is -3.20. The van der Waals surface area contributed by atoms with Gasteiger partial charge in [0.2, 0.25) is 5.91 Å². The Kier molecular flexibility index (Phi) is 6.84. The summed E-state index contributed by atoms with van der Waals surface area (Å²) in [6, 6.07) is 11.2. The molecule has 2 N–H and O–H groups in total. The van der Waals surface area contributed by atoms with Crippen molar-refractivity contribution in [3.05, 3.63) is 47.6 Å². The minimum Gasteiger partial charge on any atom is -0.353 e. The molecule has 0 saturated carbocycles. The minimum atomic E-state index is -0.314. The van der Waals surface area contributed by atoms with Crippen molar-refractivity contribution in [3.63, 3.8) is 0 Å². The number of aromatic nitrogens is 2. The zero-order chi connectivity index (χ0) is 22.5. The lowest BCUT2D eigenvalue weighted by molar-refractivity contribution is -0.131. The number of nitrogens with one attached hydrogen (secondary N) is 2. The van der Waals surface area contributed by atoms with E-state index >= 15 is 0 Å². The average molecular weight is 453 g/mol. The van der Waals surface area contributed by atoms with Crippen molar-refractivity contribution in [2.75, 3.05) is 42.9 Å². The summed E-state index contributed by atoms with van der Waals surface area (Å²) in [7, 11) is 0. The van der Waals surface area contributed by atoms with Crippen molar-refractivity contribution >= 4 is 45.0 Å². The molecule has 8 nitrogen and oxygen atoms in total. The molecule has 4 rings (SSSR count). The molecule has 1 aliphatic heterocycles. The van der Waals surface area contributed by atoms with Crippen LogP contribution in [0.3, 0.4) is 0 Å². The number of piperazine rings is 1. The Labute approximate surface area is 191 Å². The zero-order valence-electron chi connectivity index (χ0n) is 18.4. The molecule has 1 saturated heterocycles. The van der Waals surface area contributed by atoms with Gasteiger partial charge in [-0.15, -0.1) is 11.3 Å². The van der Waals surface area contributed by atoms with Gasteiger partial charge >= 0.3 is 6.03 Å². The van der Waals surface area contributed by atoms with Gasteiger partial charge in [-0.2, -0.15) is 0 Å². The second kappa shape index (κ2) is 9.95. The van der Waals surface area contributed by atoms with Gasteiger partial charge in [-0.1, -0.05) is 19.9 Å². The highest BCUT2D eigenvalue weighted by Gasteiger charge is 2.21. The van der Waals surface area contributed by atoms with Crippen molar-refractivity contribution in [1.82, 2.24) is 20.2 Å². The fraction of sp³-hybridized carbons (Fsp3) is 0.391. The maximum Gasteiger partial charge on any atom is 0.319 e. The molecule has 1 fully saturated rings. The Balaban J connectivity index is 1.20. The average Bonchev–Trinajstić information content (AvgIpc) is 3.23. The number of hydrogen-bond donors (Lipinski definition) is 2. The number of nitrogens with zero attached hydrogens (tertiary/aromatic N) is 4. The number of urea groups is 1. The fourth-order valence-corrected chi connectivity index (χ4v) is 4.62. The summed E-state index contributed by atoms with van der Waals surface area (Å²) < 4.78 is 1.05. The summed E-state index contributed by atoms with van der Waals surface area (Å²) in [5.41, 5.74) is 1.66. The van der Waals surface area contributed by atoms with Gasteiger partial charge in [0, 0.05) is 56.9 Å². The zero-order valence-corrected chi connectivity index (χ0v) is 19.2. The smallest absolute Gasteiger partial charge is 0.319 e. The first kappa shape index (κ1) is 22.0. The summed E-state index contributed by atoms with van der Waals surface area (Å²) in [4.78, 5) is 37.8. The summed E-state index contributed by atoms with van der Waals surface area (Å²) in [5, 5.41) is 6.70. The van der Waals surface area contributed by atoms with Gasteiger partial charge in [-0.25, -0.2) is 14.8 Å². The molecule has 0 spiro atoms. The van der Waals surface area contributed by atoms with Crippen LogP contribution in [0.25, 0.3) is 10.2 Å². The molecular formula is C23H28N6O2S. The van der Waals surface area contributed by atoms with Crippen LogP contribution in [0.4, 0.5) is 16.3 Å². The molecule has 1 aliphatic rings. The number of carbonyl (C=O) groups is 2. The van der Waals surface area contributed by atoms with E-state index in [2.05, 4.69) is 39.3 Å². The van der Waals surface area contributed by atoms with Crippen LogP contribution in [0.15, 0.2) is 42.6 Å². The van der Waals surface area contributed by atoms with Gasteiger partial charge in [0.25, 0.3) is 0 Å². The molecule has 168 valence electrons. The van der Waals surface area contributed by atoms with Crippen molar-refractivity contribution in [2.24, 2.45) is 0 Å². The van der Waals surface area contributed by atoms with Crippen LogP contribution in [-0.4, -0.2) is 59.5 Å². The van der Waals surface area contributed by atoms with Crippen LogP contribution < -0.4 is 15.5 Å². The number of carbonyl (C=O) groups excluding carboxylic acids is 2. The molecule has 32 heavy (non-hydrogen) atoms. The molecule has 0 aliphatic carbocycles. The number of fused-ring (bicyclic) bond motifs is 1. The van der Waals surface area contributed by atoms with Crippen molar-refractivity contribution in [3.8, 4) is 0 Å². The fourth-order valence-electron chi connectivity index (χ4n) is 3.61.